The van der Waals surface area contributed by atoms with Crippen molar-refractivity contribution in [1.29, 1.82) is 0 Å². The molecule has 0 unspecified atom stereocenters. The zero-order chi connectivity index (χ0) is 31.7. The van der Waals surface area contributed by atoms with Gasteiger partial charge in [-0.3, -0.25) is 0 Å². The highest BCUT2D eigenvalue weighted by Crippen LogP contribution is 2.38. The predicted molar refractivity (Wildman–Crippen MR) is 185 cm³/mol. The molecule has 0 aliphatic rings. The predicted octanol–water partition coefficient (Wildman–Crippen LogP) is 12.2. The van der Waals surface area contributed by atoms with Gasteiger partial charge in [-0.25, -0.2) is 13.2 Å². The lowest BCUT2D eigenvalue weighted by Crippen LogP contribution is -2.10. The van der Waals surface area contributed by atoms with Crippen LogP contribution >= 0.6 is 0 Å². The molecule has 0 bridgehead atoms. The maximum absolute atomic E-state index is 14.1. The first-order valence-electron chi connectivity index (χ1n) is 14.9. The first-order valence-corrected chi connectivity index (χ1v) is 14.9. The summed E-state index contributed by atoms with van der Waals surface area (Å²) >= 11 is 0. The molecule has 0 saturated heterocycles. The molecule has 224 valence electrons. The van der Waals surface area contributed by atoms with Crippen LogP contribution in [0.15, 0.2) is 183 Å². The summed E-state index contributed by atoms with van der Waals surface area (Å²) in [5, 5.41) is 0. The first kappa shape index (κ1) is 30.2. The molecule has 0 aliphatic carbocycles. The highest BCUT2D eigenvalue weighted by atomic mass is 19.1. The van der Waals surface area contributed by atoms with Gasteiger partial charge in [0.2, 0.25) is 0 Å². The lowest BCUT2D eigenvalue weighted by molar-refractivity contribution is 0.723. The number of hydrogen-bond donors (Lipinski definition) is 0. The number of anilines is 3. The highest BCUT2D eigenvalue weighted by molar-refractivity contribution is 5.85. The van der Waals surface area contributed by atoms with E-state index in [0.717, 1.165) is 50.4 Å². The van der Waals surface area contributed by atoms with E-state index < -0.39 is 0 Å². The van der Waals surface area contributed by atoms with Crippen LogP contribution in [0, 0.1) is 0 Å². The van der Waals surface area contributed by atoms with Crippen molar-refractivity contribution in [1.82, 2.24) is 0 Å². The molecule has 0 amide bonds. The minimum Gasteiger partial charge on any atom is -0.311 e. The molecule has 0 heterocycles. The van der Waals surface area contributed by atoms with E-state index >= 15 is 0 Å². The van der Waals surface area contributed by atoms with Gasteiger partial charge in [0.1, 0.15) is 0 Å². The van der Waals surface area contributed by atoms with Crippen LogP contribution < -0.4 is 4.90 Å². The molecular weight excluding hydrogens is 575 g/mol. The summed E-state index contributed by atoms with van der Waals surface area (Å²) in [5.41, 5.74) is 8.55. The third-order valence-corrected chi connectivity index (χ3v) is 7.89. The van der Waals surface area contributed by atoms with E-state index in [4.69, 9.17) is 0 Å². The van der Waals surface area contributed by atoms with E-state index in [9.17, 15) is 13.2 Å². The lowest BCUT2D eigenvalue weighted by Gasteiger charge is -2.26. The number of benzene rings is 6. The summed E-state index contributed by atoms with van der Waals surface area (Å²) in [6.45, 7) is 0. The molecule has 0 spiro atoms. The largest absolute Gasteiger partial charge is 0.311 e. The van der Waals surface area contributed by atoms with Crippen molar-refractivity contribution < 1.29 is 13.2 Å². The Morgan fingerprint density at radius 2 is 0.522 bits per heavy atom. The van der Waals surface area contributed by atoms with Gasteiger partial charge in [0.05, 0.1) is 19.0 Å². The van der Waals surface area contributed by atoms with Crippen molar-refractivity contribution in [2.75, 3.05) is 4.90 Å². The van der Waals surface area contributed by atoms with Crippen molar-refractivity contribution in [3.63, 3.8) is 0 Å². The van der Waals surface area contributed by atoms with E-state index in [1.54, 1.807) is 0 Å². The van der Waals surface area contributed by atoms with E-state index in [0.29, 0.717) is 35.7 Å². The van der Waals surface area contributed by atoms with Crippen molar-refractivity contribution in [3.05, 3.63) is 216 Å². The van der Waals surface area contributed by atoms with Crippen molar-refractivity contribution in [2.45, 2.75) is 0 Å². The molecule has 46 heavy (non-hydrogen) atoms. The quantitative estimate of drug-likeness (QED) is 0.158. The van der Waals surface area contributed by atoms with Gasteiger partial charge in [-0.05, 0) is 69.8 Å². The molecule has 0 N–H and O–H groups in total. The van der Waals surface area contributed by atoms with Crippen LogP contribution in [0.5, 0.6) is 0 Å². The zero-order valence-corrected chi connectivity index (χ0v) is 24.9. The Morgan fingerprint density at radius 1 is 0.304 bits per heavy atom. The average molecular weight is 606 g/mol. The van der Waals surface area contributed by atoms with Gasteiger partial charge >= 0.3 is 0 Å². The molecule has 4 heteroatoms. The number of nitrogens with zero attached hydrogens (tertiary/aromatic N) is 1. The lowest BCUT2D eigenvalue weighted by atomic mass is 9.97. The monoisotopic (exact) mass is 605 g/mol. The Balaban J connectivity index is 1.38. The van der Waals surface area contributed by atoms with Gasteiger partial charge in [-0.2, -0.15) is 0 Å². The Bertz CT molecular complexity index is 1730. The molecule has 0 aliphatic heterocycles. The number of rotatable bonds is 9. The molecule has 0 saturated carbocycles. The fraction of sp³-hybridized carbons (Fsp3) is 0. The molecule has 6 aromatic rings. The second kappa shape index (κ2) is 14.3. The molecule has 1 nitrogen and oxygen atoms in total. The summed E-state index contributed by atoms with van der Waals surface area (Å²) in [4.78, 5) is 2.06. The topological polar surface area (TPSA) is 3.24 Å². The van der Waals surface area contributed by atoms with Crippen LogP contribution in [-0.2, 0) is 0 Å². The van der Waals surface area contributed by atoms with Gasteiger partial charge in [0.25, 0.3) is 0 Å². The van der Waals surface area contributed by atoms with Crippen molar-refractivity contribution in [2.24, 2.45) is 0 Å². The minimum atomic E-state index is 0.491. The fourth-order valence-electron chi connectivity index (χ4n) is 5.55. The molecule has 6 aromatic carbocycles. The van der Waals surface area contributed by atoms with Crippen LogP contribution in [0.25, 0.3) is 16.7 Å². The number of hydrogen-bond acceptors (Lipinski definition) is 1. The van der Waals surface area contributed by atoms with E-state index in [1.165, 1.54) is 0 Å². The van der Waals surface area contributed by atoms with Gasteiger partial charge in [0.15, 0.2) is 0 Å². The molecule has 6 rings (SSSR count). The summed E-state index contributed by atoms with van der Waals surface area (Å²) in [5.74, 6) is 0. The molecule has 0 aromatic heterocycles. The van der Waals surface area contributed by atoms with Crippen LogP contribution in [0.1, 0.15) is 33.4 Å². The third kappa shape index (κ3) is 6.47. The fourth-order valence-corrected chi connectivity index (χ4v) is 5.55. The van der Waals surface area contributed by atoms with Gasteiger partial charge in [-0.1, -0.05) is 127 Å². The first-order chi connectivity index (χ1) is 22.7. The second-order valence-electron chi connectivity index (χ2n) is 10.6. The Hall–Kier alpha value is -5.87. The highest BCUT2D eigenvalue weighted by Gasteiger charge is 2.16. The molecule has 0 fully saturated rings. The molecule has 0 radical (unpaired) electrons. The zero-order valence-electron chi connectivity index (χ0n) is 24.9. The van der Waals surface area contributed by atoms with E-state index in [1.807, 2.05) is 164 Å². The van der Waals surface area contributed by atoms with Crippen LogP contribution in [0.3, 0.4) is 0 Å². The smallest absolute Gasteiger partial charge is 0.0951 e. The average Bonchev–Trinajstić information content (AvgIpc) is 3.13. The van der Waals surface area contributed by atoms with Crippen molar-refractivity contribution in [3.8, 4) is 0 Å². The third-order valence-electron chi connectivity index (χ3n) is 7.89. The summed E-state index contributed by atoms with van der Waals surface area (Å²) in [6.07, 6.45) is 1.89. The molecular formula is C42H30F3N. The maximum atomic E-state index is 14.1. The second-order valence-corrected chi connectivity index (χ2v) is 10.6. The molecule has 0 atom stereocenters. The van der Waals surface area contributed by atoms with E-state index in [-0.39, 0.29) is 0 Å². The van der Waals surface area contributed by atoms with Gasteiger partial charge in [0, 0.05) is 33.8 Å². The van der Waals surface area contributed by atoms with Gasteiger partial charge < -0.3 is 4.90 Å². The van der Waals surface area contributed by atoms with Crippen LogP contribution in [0.4, 0.5) is 30.2 Å². The Labute approximate surface area is 267 Å². The van der Waals surface area contributed by atoms with Gasteiger partial charge in [-0.15, -0.1) is 0 Å². The van der Waals surface area contributed by atoms with Crippen molar-refractivity contribution >= 4 is 33.8 Å². The maximum Gasteiger partial charge on any atom is 0.0951 e. The summed E-state index contributed by atoms with van der Waals surface area (Å²) in [7, 11) is 0. The number of halogens is 3. The minimum absolute atomic E-state index is 0.491. The normalized spacial score (nSPS) is 12.2. The van der Waals surface area contributed by atoms with Crippen LogP contribution in [0.2, 0.25) is 0 Å². The SMILES string of the molecule is FC=C(c1ccccc1)c1ccc(N(c2ccc(C(=CF)c3ccccc3)cc2)c2ccc(C(=CF)c3ccccc3)cc2)cc1. The Kier molecular flexibility index (Phi) is 9.36. The summed E-state index contributed by atoms with van der Waals surface area (Å²) < 4.78 is 42.3. The standard InChI is InChI=1S/C42H30F3N/c43-28-40(31-10-4-1-5-11-31)34-16-22-37(23-17-34)46(38-24-18-35(19-25-38)41(29-44)32-12-6-2-7-13-32)39-26-20-36(21-27-39)42(30-45)33-14-8-3-9-15-33/h1-30H. The van der Waals surface area contributed by atoms with E-state index in [2.05, 4.69) is 4.90 Å². The van der Waals surface area contributed by atoms with Crippen LogP contribution in [-0.4, -0.2) is 0 Å². The Morgan fingerprint density at radius 3 is 0.739 bits per heavy atom. The summed E-state index contributed by atoms with van der Waals surface area (Å²) in [6, 6.07) is 51.2.